The Morgan fingerprint density at radius 1 is 1.47 bits per heavy atom. The minimum absolute atomic E-state index is 0.270. The first-order chi connectivity index (χ1) is 8.31. The van der Waals surface area contributed by atoms with Crippen molar-refractivity contribution in [3.05, 3.63) is 47.6 Å². The minimum atomic E-state index is -0.322. The van der Waals surface area contributed by atoms with Crippen LogP contribution in [0.1, 0.15) is 12.5 Å². The van der Waals surface area contributed by atoms with Crippen LogP contribution < -0.4 is 4.74 Å². The summed E-state index contributed by atoms with van der Waals surface area (Å²) in [6.07, 6.45) is 5.45. The predicted molar refractivity (Wildman–Crippen MR) is 65.7 cm³/mol. The molecule has 0 bridgehead atoms. The molecular weight excluding hydrogens is 216 g/mol. The molecule has 0 aromatic heterocycles. The first kappa shape index (κ1) is 11.5. The molecule has 1 aliphatic heterocycles. The molecule has 1 aliphatic rings. The average molecular weight is 230 g/mol. The molecule has 3 heteroatoms. The van der Waals surface area contributed by atoms with Crippen molar-refractivity contribution in [2.24, 2.45) is 0 Å². The quantitative estimate of drug-likeness (QED) is 0.591. The highest BCUT2D eigenvalue weighted by atomic mass is 16.5. The molecule has 1 aromatic rings. The molecule has 0 unspecified atom stereocenters. The summed E-state index contributed by atoms with van der Waals surface area (Å²) in [4.78, 5) is 11.7. The summed E-state index contributed by atoms with van der Waals surface area (Å²) in [5, 5.41) is 0. The molecule has 0 atom stereocenters. The Kier molecular flexibility index (Phi) is 3.60. The molecule has 1 heterocycles. The van der Waals surface area contributed by atoms with E-state index in [-0.39, 0.29) is 12.6 Å². The topological polar surface area (TPSA) is 35.5 Å². The summed E-state index contributed by atoms with van der Waals surface area (Å²) in [5.74, 6) is 0.482. The summed E-state index contributed by atoms with van der Waals surface area (Å²) in [6, 6.07) is 7.61. The van der Waals surface area contributed by atoms with Gasteiger partial charge in [0.05, 0.1) is 5.57 Å². The van der Waals surface area contributed by atoms with Crippen LogP contribution in [-0.2, 0) is 9.53 Å². The molecular formula is C14H14O3. The van der Waals surface area contributed by atoms with E-state index in [0.717, 1.165) is 11.3 Å². The van der Waals surface area contributed by atoms with Gasteiger partial charge in [0.1, 0.15) is 19.0 Å². The van der Waals surface area contributed by atoms with Gasteiger partial charge in [-0.1, -0.05) is 30.4 Å². The monoisotopic (exact) mass is 230 g/mol. The van der Waals surface area contributed by atoms with E-state index in [2.05, 4.69) is 0 Å². The standard InChI is InChI=1S/C14H14O3/c1-2-3-8-16-14(15)12-9-11-6-4-5-7-13(11)17-10-12/h2-7,9H,8,10H2,1H3. The van der Waals surface area contributed by atoms with Gasteiger partial charge < -0.3 is 9.47 Å². The fourth-order valence-corrected chi connectivity index (χ4v) is 1.55. The van der Waals surface area contributed by atoms with Gasteiger partial charge in [0, 0.05) is 5.56 Å². The molecule has 0 spiro atoms. The number of esters is 1. The second kappa shape index (κ2) is 5.34. The number of para-hydroxylation sites is 1. The lowest BCUT2D eigenvalue weighted by atomic mass is 10.1. The van der Waals surface area contributed by atoms with Gasteiger partial charge in [-0.3, -0.25) is 0 Å². The van der Waals surface area contributed by atoms with Gasteiger partial charge >= 0.3 is 5.97 Å². The number of allylic oxidation sites excluding steroid dienone is 1. The highest BCUT2D eigenvalue weighted by molar-refractivity contribution is 5.95. The van der Waals surface area contributed by atoms with Crippen molar-refractivity contribution >= 4 is 12.0 Å². The molecule has 2 rings (SSSR count). The van der Waals surface area contributed by atoms with Crippen molar-refractivity contribution < 1.29 is 14.3 Å². The number of ether oxygens (including phenoxy) is 2. The lowest BCUT2D eigenvalue weighted by Crippen LogP contribution is -2.17. The predicted octanol–water partition coefficient (Wildman–Crippen LogP) is 2.58. The first-order valence-electron chi connectivity index (χ1n) is 5.52. The van der Waals surface area contributed by atoms with Crippen LogP contribution in [0.25, 0.3) is 6.08 Å². The molecule has 1 aromatic carbocycles. The van der Waals surface area contributed by atoms with Crippen molar-refractivity contribution in [3.8, 4) is 5.75 Å². The van der Waals surface area contributed by atoms with E-state index in [4.69, 9.17) is 9.47 Å². The lowest BCUT2D eigenvalue weighted by molar-refractivity contribution is -0.138. The maximum atomic E-state index is 11.7. The van der Waals surface area contributed by atoms with Gasteiger partial charge in [-0.25, -0.2) is 4.79 Å². The molecule has 0 amide bonds. The number of hydrogen-bond acceptors (Lipinski definition) is 3. The molecule has 0 aliphatic carbocycles. The molecule has 17 heavy (non-hydrogen) atoms. The van der Waals surface area contributed by atoms with Gasteiger partial charge in [0.2, 0.25) is 0 Å². The fraction of sp³-hybridized carbons (Fsp3) is 0.214. The third-order valence-electron chi connectivity index (χ3n) is 2.44. The lowest BCUT2D eigenvalue weighted by Gasteiger charge is -2.16. The Bertz CT molecular complexity index is 472. The summed E-state index contributed by atoms with van der Waals surface area (Å²) in [6.45, 7) is 2.45. The van der Waals surface area contributed by atoms with Crippen LogP contribution >= 0.6 is 0 Å². The Balaban J connectivity index is 2.09. The molecule has 0 fully saturated rings. The minimum Gasteiger partial charge on any atom is -0.488 e. The molecule has 0 saturated carbocycles. The number of rotatable bonds is 3. The van der Waals surface area contributed by atoms with Crippen molar-refractivity contribution in [1.29, 1.82) is 0 Å². The maximum Gasteiger partial charge on any atom is 0.337 e. The molecule has 88 valence electrons. The first-order valence-corrected chi connectivity index (χ1v) is 5.52. The molecule has 0 radical (unpaired) electrons. The smallest absolute Gasteiger partial charge is 0.337 e. The van der Waals surface area contributed by atoms with Gasteiger partial charge in [0.25, 0.3) is 0 Å². The van der Waals surface area contributed by atoms with Crippen LogP contribution in [0, 0.1) is 0 Å². The van der Waals surface area contributed by atoms with Gasteiger partial charge in [0.15, 0.2) is 0 Å². The van der Waals surface area contributed by atoms with Crippen LogP contribution in [0.4, 0.5) is 0 Å². The summed E-state index contributed by atoms with van der Waals surface area (Å²) < 4.78 is 10.5. The average Bonchev–Trinajstić information content (AvgIpc) is 2.38. The molecule has 0 N–H and O–H groups in total. The van der Waals surface area contributed by atoms with E-state index in [0.29, 0.717) is 12.2 Å². The van der Waals surface area contributed by atoms with Crippen molar-refractivity contribution in [2.75, 3.05) is 13.2 Å². The third kappa shape index (κ3) is 2.75. The van der Waals surface area contributed by atoms with Crippen LogP contribution in [0.15, 0.2) is 42.0 Å². The van der Waals surface area contributed by atoms with E-state index >= 15 is 0 Å². The van der Waals surface area contributed by atoms with Crippen LogP contribution in [0.3, 0.4) is 0 Å². The second-order valence-corrected chi connectivity index (χ2v) is 3.66. The van der Waals surface area contributed by atoms with E-state index in [1.807, 2.05) is 43.3 Å². The van der Waals surface area contributed by atoms with Crippen molar-refractivity contribution in [1.82, 2.24) is 0 Å². The van der Waals surface area contributed by atoms with Crippen LogP contribution in [0.5, 0.6) is 5.75 Å². The molecule has 3 nitrogen and oxygen atoms in total. The van der Waals surface area contributed by atoms with Crippen molar-refractivity contribution in [3.63, 3.8) is 0 Å². The highest BCUT2D eigenvalue weighted by Gasteiger charge is 2.17. The van der Waals surface area contributed by atoms with Gasteiger partial charge in [-0.2, -0.15) is 0 Å². The number of carbonyl (C=O) groups is 1. The highest BCUT2D eigenvalue weighted by Crippen LogP contribution is 2.25. The number of carbonyl (C=O) groups excluding carboxylic acids is 1. The largest absolute Gasteiger partial charge is 0.488 e. The van der Waals surface area contributed by atoms with Crippen LogP contribution in [0.2, 0.25) is 0 Å². The summed E-state index contributed by atoms with van der Waals surface area (Å²) in [5.41, 5.74) is 1.46. The zero-order valence-corrected chi connectivity index (χ0v) is 9.68. The maximum absolute atomic E-state index is 11.7. The van der Waals surface area contributed by atoms with E-state index in [1.54, 1.807) is 6.08 Å². The van der Waals surface area contributed by atoms with Gasteiger partial charge in [-0.05, 0) is 19.1 Å². The van der Waals surface area contributed by atoms with Gasteiger partial charge in [-0.15, -0.1) is 0 Å². The second-order valence-electron chi connectivity index (χ2n) is 3.66. The zero-order chi connectivity index (χ0) is 12.1. The summed E-state index contributed by atoms with van der Waals surface area (Å²) in [7, 11) is 0. The van der Waals surface area contributed by atoms with Crippen molar-refractivity contribution in [2.45, 2.75) is 6.92 Å². The van der Waals surface area contributed by atoms with E-state index < -0.39 is 0 Å². The number of hydrogen-bond donors (Lipinski definition) is 0. The Labute approximate surface area is 100 Å². The fourth-order valence-electron chi connectivity index (χ4n) is 1.55. The normalized spacial score (nSPS) is 13.8. The van der Waals surface area contributed by atoms with E-state index in [1.165, 1.54) is 0 Å². The SMILES string of the molecule is CC=CCOC(=O)C1=Cc2ccccc2OC1. The third-order valence-corrected chi connectivity index (χ3v) is 2.44. The zero-order valence-electron chi connectivity index (χ0n) is 9.68. The molecule has 0 saturated heterocycles. The number of benzene rings is 1. The van der Waals surface area contributed by atoms with E-state index in [9.17, 15) is 4.79 Å². The number of fused-ring (bicyclic) bond motifs is 1. The van der Waals surface area contributed by atoms with Crippen LogP contribution in [-0.4, -0.2) is 19.2 Å². The Hall–Kier alpha value is -2.03. The summed E-state index contributed by atoms with van der Waals surface area (Å²) >= 11 is 0. The Morgan fingerprint density at radius 3 is 3.12 bits per heavy atom. The Morgan fingerprint density at radius 2 is 2.29 bits per heavy atom.